The maximum atomic E-state index is 11.6. The van der Waals surface area contributed by atoms with Crippen LogP contribution in [0, 0.1) is 0 Å². The van der Waals surface area contributed by atoms with Crippen molar-refractivity contribution in [3.63, 3.8) is 0 Å². The number of hydrogen-bond acceptors (Lipinski definition) is 2. The molecule has 19 heavy (non-hydrogen) atoms. The SMILES string of the molecule is CCC(CCl)(CCCS(=O)(=O)CC)c1ccccc1. The van der Waals surface area contributed by atoms with Gasteiger partial charge in [0.15, 0.2) is 0 Å². The van der Waals surface area contributed by atoms with E-state index in [2.05, 4.69) is 19.1 Å². The highest BCUT2D eigenvalue weighted by Gasteiger charge is 2.29. The average molecular weight is 303 g/mol. The fourth-order valence-corrected chi connectivity index (χ4v) is 3.68. The fraction of sp³-hybridized carbons (Fsp3) is 0.600. The zero-order valence-corrected chi connectivity index (χ0v) is 13.3. The highest BCUT2D eigenvalue weighted by molar-refractivity contribution is 7.91. The lowest BCUT2D eigenvalue weighted by Gasteiger charge is -2.31. The molecule has 1 aromatic rings. The third-order valence-corrected chi connectivity index (χ3v) is 6.17. The van der Waals surface area contributed by atoms with Crippen LogP contribution in [0.5, 0.6) is 0 Å². The first-order valence-corrected chi connectivity index (χ1v) is 9.17. The molecule has 108 valence electrons. The minimum absolute atomic E-state index is 0.105. The summed E-state index contributed by atoms with van der Waals surface area (Å²) in [7, 11) is -2.88. The van der Waals surface area contributed by atoms with Crippen molar-refractivity contribution in [2.24, 2.45) is 0 Å². The van der Waals surface area contributed by atoms with Gasteiger partial charge in [0.2, 0.25) is 0 Å². The van der Waals surface area contributed by atoms with Crippen molar-refractivity contribution in [1.82, 2.24) is 0 Å². The van der Waals surface area contributed by atoms with Crippen LogP contribution in [-0.2, 0) is 15.3 Å². The first kappa shape index (κ1) is 16.5. The van der Waals surface area contributed by atoms with Crippen molar-refractivity contribution in [3.05, 3.63) is 35.9 Å². The summed E-state index contributed by atoms with van der Waals surface area (Å²) in [6, 6.07) is 10.2. The molecule has 0 aliphatic carbocycles. The van der Waals surface area contributed by atoms with Crippen LogP contribution in [0.1, 0.15) is 38.7 Å². The van der Waals surface area contributed by atoms with E-state index in [1.54, 1.807) is 6.92 Å². The number of rotatable bonds is 8. The van der Waals surface area contributed by atoms with Crippen LogP contribution in [0.3, 0.4) is 0 Å². The molecule has 0 heterocycles. The predicted octanol–water partition coefficient (Wildman–Crippen LogP) is 3.79. The summed E-state index contributed by atoms with van der Waals surface area (Å²) in [6.45, 7) is 3.81. The zero-order chi connectivity index (χ0) is 14.4. The molecule has 1 atom stereocenters. The monoisotopic (exact) mass is 302 g/mol. The fourth-order valence-electron chi connectivity index (χ4n) is 2.33. The Morgan fingerprint density at radius 2 is 1.79 bits per heavy atom. The first-order chi connectivity index (χ1) is 8.99. The summed E-state index contributed by atoms with van der Waals surface area (Å²) in [4.78, 5) is 0. The average Bonchev–Trinajstić information content (AvgIpc) is 2.45. The molecule has 0 bridgehead atoms. The third kappa shape index (κ3) is 4.50. The van der Waals surface area contributed by atoms with Gasteiger partial charge in [0, 0.05) is 17.0 Å². The smallest absolute Gasteiger partial charge is 0.150 e. The Kier molecular flexibility index (Phi) is 6.34. The van der Waals surface area contributed by atoms with Crippen molar-refractivity contribution >= 4 is 21.4 Å². The van der Waals surface area contributed by atoms with Crippen LogP contribution in [0.4, 0.5) is 0 Å². The highest BCUT2D eigenvalue weighted by Crippen LogP contribution is 2.34. The summed E-state index contributed by atoms with van der Waals surface area (Å²) in [5.74, 6) is 1.01. The van der Waals surface area contributed by atoms with E-state index in [0.29, 0.717) is 12.3 Å². The number of sulfone groups is 1. The molecule has 0 amide bonds. The normalized spacial score (nSPS) is 15.1. The molecule has 0 saturated carbocycles. The molecule has 0 fully saturated rings. The second-order valence-corrected chi connectivity index (χ2v) is 7.71. The summed E-state index contributed by atoms with van der Waals surface area (Å²) >= 11 is 6.19. The van der Waals surface area contributed by atoms with Crippen LogP contribution >= 0.6 is 11.6 Å². The van der Waals surface area contributed by atoms with Gasteiger partial charge >= 0.3 is 0 Å². The summed E-state index contributed by atoms with van der Waals surface area (Å²) < 4.78 is 23.1. The lowest BCUT2D eigenvalue weighted by Crippen LogP contribution is -2.28. The van der Waals surface area contributed by atoms with E-state index in [9.17, 15) is 8.42 Å². The largest absolute Gasteiger partial charge is 0.229 e. The Balaban J connectivity index is 2.79. The Morgan fingerprint density at radius 1 is 1.16 bits per heavy atom. The van der Waals surface area contributed by atoms with Crippen molar-refractivity contribution in [3.8, 4) is 0 Å². The second kappa shape index (κ2) is 7.30. The Labute approximate surface area is 122 Å². The highest BCUT2D eigenvalue weighted by atomic mass is 35.5. The summed E-state index contributed by atoms with van der Waals surface area (Å²) in [5, 5.41) is 0. The van der Waals surface area contributed by atoms with E-state index in [0.717, 1.165) is 12.8 Å². The molecule has 0 N–H and O–H groups in total. The van der Waals surface area contributed by atoms with Gasteiger partial charge in [-0.25, -0.2) is 8.42 Å². The van der Waals surface area contributed by atoms with Crippen LogP contribution in [0.2, 0.25) is 0 Å². The molecule has 0 aliphatic rings. The molecule has 0 saturated heterocycles. The van der Waals surface area contributed by atoms with E-state index in [-0.39, 0.29) is 16.9 Å². The standard InChI is InChI=1S/C15H23ClO2S/c1-3-15(13-16,14-9-6-5-7-10-14)11-8-12-19(17,18)4-2/h5-7,9-10H,3-4,8,11-13H2,1-2H3. The van der Waals surface area contributed by atoms with Crippen LogP contribution in [0.15, 0.2) is 30.3 Å². The predicted molar refractivity (Wildman–Crippen MR) is 82.7 cm³/mol. The lowest BCUT2D eigenvalue weighted by atomic mass is 9.76. The van der Waals surface area contributed by atoms with Crippen molar-refractivity contribution in [2.75, 3.05) is 17.4 Å². The van der Waals surface area contributed by atoms with Gasteiger partial charge in [-0.05, 0) is 24.8 Å². The molecule has 4 heteroatoms. The molecule has 0 spiro atoms. The lowest BCUT2D eigenvalue weighted by molar-refractivity contribution is 0.419. The van der Waals surface area contributed by atoms with Gasteiger partial charge in [-0.3, -0.25) is 0 Å². The molecule has 1 aromatic carbocycles. The Hall–Kier alpha value is -0.540. The Bertz CT molecular complexity index is 464. The molecule has 1 rings (SSSR count). The van der Waals surface area contributed by atoms with E-state index < -0.39 is 9.84 Å². The minimum Gasteiger partial charge on any atom is -0.229 e. The van der Waals surface area contributed by atoms with Gasteiger partial charge in [0.05, 0.1) is 5.75 Å². The zero-order valence-electron chi connectivity index (χ0n) is 11.7. The van der Waals surface area contributed by atoms with Crippen molar-refractivity contribution < 1.29 is 8.42 Å². The van der Waals surface area contributed by atoms with Crippen LogP contribution in [0.25, 0.3) is 0 Å². The van der Waals surface area contributed by atoms with Crippen molar-refractivity contribution in [2.45, 2.75) is 38.5 Å². The van der Waals surface area contributed by atoms with Gasteiger partial charge in [-0.15, -0.1) is 11.6 Å². The quantitative estimate of drug-likeness (QED) is 0.685. The minimum atomic E-state index is -2.88. The van der Waals surface area contributed by atoms with Gasteiger partial charge in [0.1, 0.15) is 9.84 Å². The van der Waals surface area contributed by atoms with Gasteiger partial charge < -0.3 is 0 Å². The maximum Gasteiger partial charge on any atom is 0.150 e. The van der Waals surface area contributed by atoms with Gasteiger partial charge in [-0.2, -0.15) is 0 Å². The van der Waals surface area contributed by atoms with E-state index in [1.165, 1.54) is 5.56 Å². The molecule has 1 unspecified atom stereocenters. The van der Waals surface area contributed by atoms with Gasteiger partial charge in [-0.1, -0.05) is 44.2 Å². The van der Waals surface area contributed by atoms with E-state index in [4.69, 9.17) is 11.6 Å². The summed E-state index contributed by atoms with van der Waals surface area (Å²) in [5.41, 5.74) is 1.10. The van der Waals surface area contributed by atoms with Crippen LogP contribution in [-0.4, -0.2) is 25.8 Å². The first-order valence-electron chi connectivity index (χ1n) is 6.81. The molecular formula is C15H23ClO2S. The van der Waals surface area contributed by atoms with E-state index >= 15 is 0 Å². The second-order valence-electron chi connectivity index (χ2n) is 4.97. The third-order valence-electron chi connectivity index (χ3n) is 3.87. The maximum absolute atomic E-state index is 11.6. The van der Waals surface area contributed by atoms with Gasteiger partial charge in [0.25, 0.3) is 0 Å². The number of hydrogen-bond donors (Lipinski definition) is 0. The Morgan fingerprint density at radius 3 is 2.26 bits per heavy atom. The molecular weight excluding hydrogens is 280 g/mol. The number of alkyl halides is 1. The van der Waals surface area contributed by atoms with Crippen molar-refractivity contribution in [1.29, 1.82) is 0 Å². The number of halogens is 1. The van der Waals surface area contributed by atoms with Crippen LogP contribution < -0.4 is 0 Å². The number of benzene rings is 1. The summed E-state index contributed by atoms with van der Waals surface area (Å²) in [6.07, 6.45) is 2.41. The molecule has 0 aromatic heterocycles. The topological polar surface area (TPSA) is 34.1 Å². The molecule has 2 nitrogen and oxygen atoms in total. The molecule has 0 radical (unpaired) electrons. The molecule has 0 aliphatic heterocycles. The van der Waals surface area contributed by atoms with E-state index in [1.807, 2.05) is 18.2 Å².